The molecule has 0 spiro atoms. The van der Waals surface area contributed by atoms with E-state index in [9.17, 15) is 0 Å². The summed E-state index contributed by atoms with van der Waals surface area (Å²) in [7, 11) is 0. The highest BCUT2D eigenvalue weighted by Crippen LogP contribution is 2.27. The molecule has 2 nitrogen and oxygen atoms in total. The molecule has 0 saturated carbocycles. The predicted molar refractivity (Wildman–Crippen MR) is 51.1 cm³/mol. The van der Waals surface area contributed by atoms with E-state index in [-0.39, 0.29) is 12.1 Å². The topological polar surface area (TPSA) is 32.3 Å². The van der Waals surface area contributed by atoms with E-state index in [0.717, 1.165) is 24.8 Å². The fourth-order valence-corrected chi connectivity index (χ4v) is 2.13. The van der Waals surface area contributed by atoms with Crippen molar-refractivity contribution in [3.05, 3.63) is 0 Å². The largest absolute Gasteiger partial charge is 0.394 e. The summed E-state index contributed by atoms with van der Waals surface area (Å²) >= 11 is 0. The normalized spacial score (nSPS) is 36.2. The van der Waals surface area contributed by atoms with Crippen LogP contribution in [-0.2, 0) is 0 Å². The Labute approximate surface area is 75.4 Å². The maximum atomic E-state index is 9.11. The molecule has 1 heterocycles. The zero-order chi connectivity index (χ0) is 9.19. The minimum absolute atomic E-state index is 0.000440. The molecule has 1 rings (SSSR count). The van der Waals surface area contributed by atoms with E-state index in [1.807, 2.05) is 0 Å². The van der Waals surface area contributed by atoms with Gasteiger partial charge in [0.15, 0.2) is 0 Å². The molecule has 2 unspecified atom stereocenters. The first-order valence-electron chi connectivity index (χ1n) is 4.91. The Hall–Kier alpha value is -0.0800. The van der Waals surface area contributed by atoms with Crippen molar-refractivity contribution in [1.29, 1.82) is 0 Å². The highest BCUT2D eigenvalue weighted by Gasteiger charge is 2.33. The number of nitrogens with one attached hydrogen (secondary N) is 1. The first-order valence-corrected chi connectivity index (χ1v) is 4.91. The second-order valence-electron chi connectivity index (χ2n) is 4.80. The summed E-state index contributed by atoms with van der Waals surface area (Å²) in [6.45, 7) is 7.97. The zero-order valence-electron chi connectivity index (χ0n) is 8.43. The van der Waals surface area contributed by atoms with Crippen LogP contribution in [0.1, 0.15) is 33.6 Å². The Morgan fingerprint density at radius 1 is 1.58 bits per heavy atom. The zero-order valence-corrected chi connectivity index (χ0v) is 8.43. The molecule has 2 atom stereocenters. The third-order valence-electron chi connectivity index (χ3n) is 2.71. The molecule has 72 valence electrons. The molecule has 1 aliphatic heterocycles. The van der Waals surface area contributed by atoms with Gasteiger partial charge in [-0.05, 0) is 38.1 Å². The van der Waals surface area contributed by atoms with Crippen molar-refractivity contribution in [1.82, 2.24) is 5.32 Å². The van der Waals surface area contributed by atoms with Crippen LogP contribution in [0.15, 0.2) is 0 Å². The van der Waals surface area contributed by atoms with Gasteiger partial charge in [0.1, 0.15) is 0 Å². The van der Waals surface area contributed by atoms with Crippen LogP contribution in [-0.4, -0.2) is 23.8 Å². The van der Waals surface area contributed by atoms with Crippen LogP contribution in [0.2, 0.25) is 0 Å². The molecular formula is C10H21NO. The van der Waals surface area contributed by atoms with Gasteiger partial charge in [0.25, 0.3) is 0 Å². The fourth-order valence-electron chi connectivity index (χ4n) is 2.13. The molecule has 2 N–H and O–H groups in total. The molecule has 2 heteroatoms. The summed E-state index contributed by atoms with van der Waals surface area (Å²) in [5.74, 6) is 1.54. The predicted octanol–water partition coefficient (Wildman–Crippen LogP) is 1.39. The number of aliphatic hydroxyl groups excluding tert-OH is 1. The molecule has 1 aliphatic rings. The number of aliphatic hydroxyl groups is 1. The lowest BCUT2D eigenvalue weighted by molar-refractivity contribution is 0.188. The van der Waals surface area contributed by atoms with Gasteiger partial charge in [-0.2, -0.15) is 0 Å². The van der Waals surface area contributed by atoms with Gasteiger partial charge in [0.05, 0.1) is 6.61 Å². The lowest BCUT2D eigenvalue weighted by Crippen LogP contribution is -2.39. The van der Waals surface area contributed by atoms with Crippen LogP contribution in [0.25, 0.3) is 0 Å². The number of hydrogen-bond donors (Lipinski definition) is 2. The fraction of sp³-hybridized carbons (Fsp3) is 1.00. The smallest absolute Gasteiger partial charge is 0.0610 e. The maximum Gasteiger partial charge on any atom is 0.0610 e. The lowest BCUT2D eigenvalue weighted by Gasteiger charge is -2.21. The van der Waals surface area contributed by atoms with E-state index in [2.05, 4.69) is 26.1 Å². The first kappa shape index (κ1) is 10.0. The lowest BCUT2D eigenvalue weighted by atomic mass is 9.90. The quantitative estimate of drug-likeness (QED) is 0.672. The summed E-state index contributed by atoms with van der Waals surface area (Å²) in [5.41, 5.74) is -0.000440. The Balaban J connectivity index is 2.35. The second kappa shape index (κ2) is 3.75. The Bertz CT molecular complexity index is 147. The average Bonchev–Trinajstić information content (AvgIpc) is 2.32. The monoisotopic (exact) mass is 171 g/mol. The van der Waals surface area contributed by atoms with Gasteiger partial charge in [-0.25, -0.2) is 0 Å². The Morgan fingerprint density at radius 3 is 2.67 bits per heavy atom. The standard InChI is InChI=1S/C10H21NO/c1-8(2)4-9-5-10(3,7-12)11-6-9/h8-9,11-12H,4-7H2,1-3H3. The summed E-state index contributed by atoms with van der Waals surface area (Å²) in [5, 5.41) is 12.5. The SMILES string of the molecule is CC(C)CC1CNC(C)(CO)C1. The highest BCUT2D eigenvalue weighted by molar-refractivity contribution is 4.92. The summed E-state index contributed by atoms with van der Waals surface area (Å²) in [4.78, 5) is 0. The number of hydrogen-bond acceptors (Lipinski definition) is 2. The van der Waals surface area contributed by atoms with Crippen LogP contribution in [0, 0.1) is 11.8 Å². The van der Waals surface area contributed by atoms with Gasteiger partial charge < -0.3 is 10.4 Å². The van der Waals surface area contributed by atoms with E-state index in [4.69, 9.17) is 5.11 Å². The van der Waals surface area contributed by atoms with Crippen LogP contribution in [0.4, 0.5) is 0 Å². The molecule has 0 aromatic heterocycles. The summed E-state index contributed by atoms with van der Waals surface area (Å²) in [6.07, 6.45) is 2.41. The van der Waals surface area contributed by atoms with Crippen molar-refractivity contribution >= 4 is 0 Å². The average molecular weight is 171 g/mol. The molecule has 0 amide bonds. The van der Waals surface area contributed by atoms with Gasteiger partial charge in [0.2, 0.25) is 0 Å². The van der Waals surface area contributed by atoms with Crippen LogP contribution in [0.5, 0.6) is 0 Å². The van der Waals surface area contributed by atoms with Crippen molar-refractivity contribution in [2.75, 3.05) is 13.2 Å². The molecule has 0 bridgehead atoms. The van der Waals surface area contributed by atoms with Crippen molar-refractivity contribution < 1.29 is 5.11 Å². The maximum absolute atomic E-state index is 9.11. The van der Waals surface area contributed by atoms with Crippen LogP contribution in [0.3, 0.4) is 0 Å². The van der Waals surface area contributed by atoms with Gasteiger partial charge >= 0.3 is 0 Å². The van der Waals surface area contributed by atoms with Gasteiger partial charge in [-0.1, -0.05) is 13.8 Å². The van der Waals surface area contributed by atoms with Gasteiger partial charge in [-0.3, -0.25) is 0 Å². The Kier molecular flexibility index (Phi) is 3.13. The number of rotatable bonds is 3. The first-order chi connectivity index (χ1) is 5.56. The molecule has 1 saturated heterocycles. The van der Waals surface area contributed by atoms with E-state index in [0.29, 0.717) is 0 Å². The van der Waals surface area contributed by atoms with Crippen molar-refractivity contribution in [2.45, 2.75) is 39.2 Å². The minimum Gasteiger partial charge on any atom is -0.394 e. The van der Waals surface area contributed by atoms with Crippen molar-refractivity contribution in [3.8, 4) is 0 Å². The van der Waals surface area contributed by atoms with Gasteiger partial charge in [-0.15, -0.1) is 0 Å². The molecule has 1 fully saturated rings. The highest BCUT2D eigenvalue weighted by atomic mass is 16.3. The van der Waals surface area contributed by atoms with E-state index < -0.39 is 0 Å². The third-order valence-corrected chi connectivity index (χ3v) is 2.71. The van der Waals surface area contributed by atoms with Gasteiger partial charge in [0, 0.05) is 5.54 Å². The van der Waals surface area contributed by atoms with E-state index in [1.54, 1.807) is 0 Å². The minimum atomic E-state index is -0.000440. The molecule has 0 aromatic rings. The van der Waals surface area contributed by atoms with Crippen LogP contribution >= 0.6 is 0 Å². The van der Waals surface area contributed by atoms with E-state index in [1.165, 1.54) is 6.42 Å². The van der Waals surface area contributed by atoms with E-state index >= 15 is 0 Å². The third kappa shape index (κ3) is 2.46. The van der Waals surface area contributed by atoms with Crippen molar-refractivity contribution in [2.24, 2.45) is 11.8 Å². The molecule has 0 aliphatic carbocycles. The molecule has 0 aromatic carbocycles. The van der Waals surface area contributed by atoms with Crippen LogP contribution < -0.4 is 5.32 Å². The molecule has 12 heavy (non-hydrogen) atoms. The second-order valence-corrected chi connectivity index (χ2v) is 4.80. The molecular weight excluding hydrogens is 150 g/mol. The summed E-state index contributed by atoms with van der Waals surface area (Å²) < 4.78 is 0. The Morgan fingerprint density at radius 2 is 2.25 bits per heavy atom. The molecule has 0 radical (unpaired) electrons. The van der Waals surface area contributed by atoms with Crippen molar-refractivity contribution in [3.63, 3.8) is 0 Å². The summed E-state index contributed by atoms with van der Waals surface area (Å²) in [6, 6.07) is 0.